The highest BCUT2D eigenvalue weighted by Gasteiger charge is 2.37. The van der Waals surface area contributed by atoms with Crippen LogP contribution < -0.4 is 9.64 Å². The molecule has 4 nitrogen and oxygen atoms in total. The molecule has 3 heterocycles. The summed E-state index contributed by atoms with van der Waals surface area (Å²) in [6.07, 6.45) is 3.11. The quantitative estimate of drug-likeness (QED) is 0.605. The van der Waals surface area contributed by atoms with Gasteiger partial charge in [0.25, 0.3) is 0 Å². The minimum atomic E-state index is 0.156. The second kappa shape index (κ2) is 2.70. The lowest BCUT2D eigenvalue weighted by molar-refractivity contribution is -0.117. The third kappa shape index (κ3) is 0.937. The van der Waals surface area contributed by atoms with Crippen LogP contribution in [0.5, 0.6) is 5.88 Å². The normalized spacial score (nSPS) is 24.1. The number of carbonyl (C=O) groups excluding carboxylic acids is 1. The van der Waals surface area contributed by atoms with E-state index in [0.29, 0.717) is 24.6 Å². The van der Waals surface area contributed by atoms with E-state index in [9.17, 15) is 4.79 Å². The molecule has 0 N–H and O–H groups in total. The lowest BCUT2D eigenvalue weighted by Gasteiger charge is -2.30. The van der Waals surface area contributed by atoms with Gasteiger partial charge in [-0.2, -0.15) is 0 Å². The van der Waals surface area contributed by atoms with Gasteiger partial charge in [-0.05, 0) is 12.5 Å². The number of carbonyl (C=O) groups is 1. The van der Waals surface area contributed by atoms with E-state index in [4.69, 9.17) is 4.74 Å². The van der Waals surface area contributed by atoms with Gasteiger partial charge in [-0.25, -0.2) is 4.98 Å². The Kier molecular flexibility index (Phi) is 1.50. The van der Waals surface area contributed by atoms with E-state index in [0.717, 1.165) is 6.42 Å². The molecule has 1 aromatic rings. The Morgan fingerprint density at radius 2 is 2.57 bits per heavy atom. The summed E-state index contributed by atoms with van der Waals surface area (Å²) < 4.78 is 5.45. The number of fused-ring (bicyclic) bond motifs is 3. The molecule has 2 aliphatic rings. The number of ether oxygens (including phenoxy) is 1. The number of hydrogen-bond acceptors (Lipinski definition) is 3. The Hall–Kier alpha value is -1.58. The van der Waals surface area contributed by atoms with Crippen LogP contribution in [-0.2, 0) is 4.79 Å². The largest absolute Gasteiger partial charge is 0.474 e. The van der Waals surface area contributed by atoms with Gasteiger partial charge in [0.15, 0.2) is 0 Å². The fourth-order valence-electron chi connectivity index (χ4n) is 2.01. The van der Waals surface area contributed by atoms with E-state index < -0.39 is 0 Å². The first-order valence-corrected chi connectivity index (χ1v) is 4.68. The molecule has 1 fully saturated rings. The zero-order chi connectivity index (χ0) is 9.54. The molecule has 0 spiro atoms. The molecule has 0 bridgehead atoms. The minimum absolute atomic E-state index is 0.156. The monoisotopic (exact) mass is 189 g/mol. The zero-order valence-electron chi connectivity index (χ0n) is 7.56. The van der Waals surface area contributed by atoms with Crippen molar-refractivity contribution in [2.45, 2.75) is 18.9 Å². The summed E-state index contributed by atoms with van der Waals surface area (Å²) in [5, 5.41) is 0. The van der Waals surface area contributed by atoms with E-state index in [2.05, 4.69) is 11.1 Å². The van der Waals surface area contributed by atoms with Crippen LogP contribution in [0.25, 0.3) is 0 Å². The Morgan fingerprint density at radius 1 is 1.64 bits per heavy atom. The van der Waals surface area contributed by atoms with Gasteiger partial charge in [0.2, 0.25) is 11.8 Å². The summed E-state index contributed by atoms with van der Waals surface area (Å²) in [5.41, 5.74) is 0.700. The van der Waals surface area contributed by atoms with Crippen LogP contribution >= 0.6 is 0 Å². The predicted molar refractivity (Wildman–Crippen MR) is 49.1 cm³/mol. The lowest BCUT2D eigenvalue weighted by atomic mass is 10.2. The third-order valence-corrected chi connectivity index (χ3v) is 2.67. The van der Waals surface area contributed by atoms with Crippen molar-refractivity contribution in [1.82, 2.24) is 4.98 Å². The second-order valence-corrected chi connectivity index (χ2v) is 3.51. The number of nitrogens with zero attached hydrogens (tertiary/aromatic N) is 2. The van der Waals surface area contributed by atoms with Gasteiger partial charge in [-0.1, -0.05) is 0 Å². The maximum Gasteiger partial charge on any atom is 0.238 e. The summed E-state index contributed by atoms with van der Waals surface area (Å²) in [6.45, 7) is 0.559. The van der Waals surface area contributed by atoms with Gasteiger partial charge in [-0.15, -0.1) is 0 Å². The number of anilines is 1. The van der Waals surface area contributed by atoms with Crippen molar-refractivity contribution in [2.24, 2.45) is 0 Å². The Bertz CT molecular complexity index is 391. The van der Waals surface area contributed by atoms with Crippen LogP contribution in [0.1, 0.15) is 12.8 Å². The second-order valence-electron chi connectivity index (χ2n) is 3.51. The van der Waals surface area contributed by atoms with Crippen LogP contribution in [0.15, 0.2) is 12.3 Å². The topological polar surface area (TPSA) is 42.4 Å². The molecule has 1 atom stereocenters. The van der Waals surface area contributed by atoms with Gasteiger partial charge in [0.1, 0.15) is 12.3 Å². The molecule has 1 unspecified atom stereocenters. The van der Waals surface area contributed by atoms with Crippen LogP contribution in [-0.4, -0.2) is 23.5 Å². The molecule has 1 aromatic heterocycles. The highest BCUT2D eigenvalue weighted by atomic mass is 16.5. The molecular formula is C10H9N2O2. The molecule has 71 valence electrons. The van der Waals surface area contributed by atoms with E-state index in [-0.39, 0.29) is 11.9 Å². The summed E-state index contributed by atoms with van der Waals surface area (Å²) in [4.78, 5) is 17.4. The SMILES string of the molecule is O=C1CCC2COc3ncc[c]c3N12. The Labute approximate surface area is 81.5 Å². The fraction of sp³-hybridized carbons (Fsp3) is 0.400. The van der Waals surface area contributed by atoms with E-state index in [1.807, 2.05) is 0 Å². The maximum absolute atomic E-state index is 11.6. The maximum atomic E-state index is 11.6. The molecule has 0 aliphatic carbocycles. The molecule has 1 radical (unpaired) electrons. The third-order valence-electron chi connectivity index (χ3n) is 2.67. The first-order chi connectivity index (χ1) is 6.86. The summed E-state index contributed by atoms with van der Waals surface area (Å²) in [5.74, 6) is 0.683. The number of amides is 1. The average molecular weight is 189 g/mol. The van der Waals surface area contributed by atoms with Crippen LogP contribution in [0, 0.1) is 6.07 Å². The lowest BCUT2D eigenvalue weighted by Crippen LogP contribution is -2.40. The number of hydrogen-bond donors (Lipinski definition) is 0. The molecule has 0 saturated carbocycles. The van der Waals surface area contributed by atoms with Crippen molar-refractivity contribution < 1.29 is 9.53 Å². The standard InChI is InChI=1S/C10H9N2O2/c13-9-4-3-7-6-14-10-8(12(7)9)2-1-5-11-10/h1,5,7H,3-4,6H2. The average Bonchev–Trinajstić information content (AvgIpc) is 2.61. The first kappa shape index (κ1) is 7.79. The van der Waals surface area contributed by atoms with Gasteiger partial charge in [-0.3, -0.25) is 4.79 Å². The molecule has 1 amide bonds. The van der Waals surface area contributed by atoms with Crippen LogP contribution in [0.2, 0.25) is 0 Å². The van der Waals surface area contributed by atoms with Crippen molar-refractivity contribution in [1.29, 1.82) is 0 Å². The Balaban J connectivity index is 2.11. The van der Waals surface area contributed by atoms with E-state index in [1.165, 1.54) is 0 Å². The fourth-order valence-corrected chi connectivity index (χ4v) is 2.01. The van der Waals surface area contributed by atoms with Gasteiger partial charge in [0.05, 0.1) is 6.04 Å². The summed E-state index contributed by atoms with van der Waals surface area (Å²) >= 11 is 0. The predicted octanol–water partition coefficient (Wildman–Crippen LogP) is 0.770. The minimum Gasteiger partial charge on any atom is -0.474 e. The van der Waals surface area contributed by atoms with Crippen molar-refractivity contribution in [2.75, 3.05) is 11.5 Å². The number of pyridine rings is 1. The molecule has 4 heteroatoms. The van der Waals surface area contributed by atoms with Crippen molar-refractivity contribution in [3.63, 3.8) is 0 Å². The van der Waals surface area contributed by atoms with Gasteiger partial charge >= 0.3 is 0 Å². The first-order valence-electron chi connectivity index (χ1n) is 4.68. The molecule has 1 saturated heterocycles. The van der Waals surface area contributed by atoms with E-state index in [1.54, 1.807) is 17.2 Å². The van der Waals surface area contributed by atoms with Crippen molar-refractivity contribution >= 4 is 11.6 Å². The van der Waals surface area contributed by atoms with Crippen molar-refractivity contribution in [3.05, 3.63) is 18.3 Å². The Morgan fingerprint density at radius 3 is 3.50 bits per heavy atom. The summed E-state index contributed by atoms with van der Waals surface area (Å²) in [6, 6.07) is 4.90. The molecular weight excluding hydrogens is 180 g/mol. The van der Waals surface area contributed by atoms with Gasteiger partial charge in [0, 0.05) is 18.7 Å². The number of rotatable bonds is 0. The highest BCUT2D eigenvalue weighted by molar-refractivity contribution is 5.97. The zero-order valence-corrected chi connectivity index (χ0v) is 7.56. The highest BCUT2D eigenvalue weighted by Crippen LogP contribution is 2.36. The van der Waals surface area contributed by atoms with Crippen LogP contribution in [0.3, 0.4) is 0 Å². The molecule has 3 rings (SSSR count). The molecule has 2 aliphatic heterocycles. The van der Waals surface area contributed by atoms with Gasteiger partial charge < -0.3 is 9.64 Å². The van der Waals surface area contributed by atoms with Crippen molar-refractivity contribution in [3.8, 4) is 5.88 Å². The number of aromatic nitrogens is 1. The molecule has 0 aromatic carbocycles. The van der Waals surface area contributed by atoms with Crippen LogP contribution in [0.4, 0.5) is 5.69 Å². The molecule has 14 heavy (non-hydrogen) atoms. The van der Waals surface area contributed by atoms with E-state index >= 15 is 0 Å². The summed E-state index contributed by atoms with van der Waals surface area (Å²) in [7, 11) is 0. The smallest absolute Gasteiger partial charge is 0.238 e.